The summed E-state index contributed by atoms with van der Waals surface area (Å²) in [5.41, 5.74) is 0.685. The highest BCUT2D eigenvalue weighted by atomic mass is 32.2. The topological polar surface area (TPSA) is 95.5 Å². The molecule has 1 aromatic rings. The number of nitrogens with one attached hydrogen (secondary N) is 2. The molecule has 0 heterocycles. The Morgan fingerprint density at radius 1 is 1.40 bits per heavy atom. The second kappa shape index (κ2) is 7.25. The lowest BCUT2D eigenvalue weighted by atomic mass is 10.2. The number of aliphatic hydroxyl groups excluding tert-OH is 1. The third-order valence-corrected chi connectivity index (χ3v) is 4.01. The van der Waals surface area contributed by atoms with Crippen molar-refractivity contribution in [3.8, 4) is 0 Å². The van der Waals surface area contributed by atoms with E-state index in [1.807, 2.05) is 0 Å². The van der Waals surface area contributed by atoms with Gasteiger partial charge in [-0.1, -0.05) is 13.0 Å². The number of rotatable bonds is 7. The summed E-state index contributed by atoms with van der Waals surface area (Å²) in [6.45, 7) is 3.29. The second-order valence-corrected chi connectivity index (χ2v) is 6.40. The van der Waals surface area contributed by atoms with E-state index < -0.39 is 10.0 Å². The molecule has 0 aliphatic heterocycles. The Morgan fingerprint density at radius 2 is 2.10 bits per heavy atom. The Hall–Kier alpha value is -1.60. The van der Waals surface area contributed by atoms with Crippen LogP contribution < -0.4 is 10.0 Å². The molecule has 0 saturated carbocycles. The minimum atomic E-state index is -3.38. The number of sulfonamides is 1. The zero-order chi connectivity index (χ0) is 15.2. The SMILES string of the molecule is CCCS(=O)(=O)Nc1cccc(C(=O)N[C@@H](C)CO)c1. The lowest BCUT2D eigenvalue weighted by molar-refractivity contribution is 0.0922. The molecule has 0 aliphatic rings. The maximum absolute atomic E-state index is 11.9. The molecule has 0 fully saturated rings. The number of hydrogen-bond acceptors (Lipinski definition) is 4. The van der Waals surface area contributed by atoms with Crippen molar-refractivity contribution in [2.75, 3.05) is 17.1 Å². The van der Waals surface area contributed by atoms with E-state index in [0.29, 0.717) is 17.7 Å². The average molecular weight is 300 g/mol. The van der Waals surface area contributed by atoms with E-state index in [2.05, 4.69) is 10.0 Å². The van der Waals surface area contributed by atoms with Crippen molar-refractivity contribution in [3.63, 3.8) is 0 Å². The highest BCUT2D eigenvalue weighted by molar-refractivity contribution is 7.92. The molecule has 1 rings (SSSR count). The van der Waals surface area contributed by atoms with Gasteiger partial charge in [0.2, 0.25) is 10.0 Å². The molecule has 1 atom stereocenters. The van der Waals surface area contributed by atoms with Crippen LogP contribution in [0.1, 0.15) is 30.6 Å². The quantitative estimate of drug-likeness (QED) is 0.698. The molecule has 1 amide bonds. The van der Waals surface area contributed by atoms with Crippen LogP contribution in [0.25, 0.3) is 0 Å². The summed E-state index contributed by atoms with van der Waals surface area (Å²) in [5, 5.41) is 11.5. The van der Waals surface area contributed by atoms with Gasteiger partial charge in [0.25, 0.3) is 5.91 Å². The molecule has 20 heavy (non-hydrogen) atoms. The fraction of sp³-hybridized carbons (Fsp3) is 0.462. The molecule has 0 aromatic heterocycles. The Kier molecular flexibility index (Phi) is 5.97. The number of benzene rings is 1. The zero-order valence-corrected chi connectivity index (χ0v) is 12.4. The van der Waals surface area contributed by atoms with Gasteiger partial charge >= 0.3 is 0 Å². The lowest BCUT2D eigenvalue weighted by Gasteiger charge is -2.12. The fourth-order valence-electron chi connectivity index (χ4n) is 1.58. The van der Waals surface area contributed by atoms with Crippen LogP contribution >= 0.6 is 0 Å². The molecule has 0 saturated heterocycles. The summed E-state index contributed by atoms with van der Waals surface area (Å²) < 4.78 is 25.7. The Balaban J connectivity index is 2.83. The predicted octanol–water partition coefficient (Wildman–Crippen LogP) is 0.949. The first-order valence-corrected chi connectivity index (χ1v) is 8.05. The number of amides is 1. The predicted molar refractivity (Wildman–Crippen MR) is 78.2 cm³/mol. The van der Waals surface area contributed by atoms with E-state index in [-0.39, 0.29) is 24.3 Å². The summed E-state index contributed by atoms with van der Waals surface area (Å²) in [6, 6.07) is 5.87. The summed E-state index contributed by atoms with van der Waals surface area (Å²) in [5.74, 6) is -0.326. The molecule has 0 aliphatic carbocycles. The van der Waals surface area contributed by atoms with Gasteiger partial charge < -0.3 is 10.4 Å². The maximum atomic E-state index is 11.9. The number of aliphatic hydroxyl groups is 1. The standard InChI is InChI=1S/C13H20N2O4S/c1-3-7-20(18,19)15-12-6-4-5-11(8-12)13(17)14-10(2)9-16/h4-6,8,10,15-16H,3,7,9H2,1-2H3,(H,14,17)/t10-/m0/s1. The van der Waals surface area contributed by atoms with Crippen molar-refractivity contribution < 1.29 is 18.3 Å². The monoisotopic (exact) mass is 300 g/mol. The highest BCUT2D eigenvalue weighted by Crippen LogP contribution is 2.13. The van der Waals surface area contributed by atoms with E-state index >= 15 is 0 Å². The number of anilines is 1. The molecule has 3 N–H and O–H groups in total. The van der Waals surface area contributed by atoms with Crippen LogP contribution in [0.4, 0.5) is 5.69 Å². The summed E-state index contributed by atoms with van der Waals surface area (Å²) in [7, 11) is -3.38. The van der Waals surface area contributed by atoms with Gasteiger partial charge in [0.05, 0.1) is 12.4 Å². The van der Waals surface area contributed by atoms with Gasteiger partial charge in [0, 0.05) is 17.3 Å². The Morgan fingerprint density at radius 3 is 2.70 bits per heavy atom. The van der Waals surface area contributed by atoms with Crippen molar-refractivity contribution in [3.05, 3.63) is 29.8 Å². The van der Waals surface area contributed by atoms with E-state index in [9.17, 15) is 13.2 Å². The van der Waals surface area contributed by atoms with Crippen molar-refractivity contribution in [2.24, 2.45) is 0 Å². The second-order valence-electron chi connectivity index (χ2n) is 4.56. The molecular weight excluding hydrogens is 280 g/mol. The molecule has 6 nitrogen and oxygen atoms in total. The van der Waals surface area contributed by atoms with Crippen molar-refractivity contribution >= 4 is 21.6 Å². The van der Waals surface area contributed by atoms with Gasteiger partial charge in [-0.05, 0) is 31.5 Å². The van der Waals surface area contributed by atoms with Crippen molar-refractivity contribution in [1.29, 1.82) is 0 Å². The van der Waals surface area contributed by atoms with Gasteiger partial charge in [0.1, 0.15) is 0 Å². The Labute approximate surface area is 119 Å². The molecule has 0 unspecified atom stereocenters. The minimum absolute atomic E-state index is 0.0327. The first-order chi connectivity index (χ1) is 9.38. The molecule has 7 heteroatoms. The van der Waals surface area contributed by atoms with Crippen LogP contribution in [0.5, 0.6) is 0 Å². The summed E-state index contributed by atoms with van der Waals surface area (Å²) in [4.78, 5) is 11.9. The molecule has 1 aromatic carbocycles. The van der Waals surface area contributed by atoms with Gasteiger partial charge in [-0.2, -0.15) is 0 Å². The molecule has 0 radical (unpaired) electrons. The fourth-order valence-corrected chi connectivity index (χ4v) is 2.70. The molecule has 0 spiro atoms. The van der Waals surface area contributed by atoms with Gasteiger partial charge in [-0.3, -0.25) is 9.52 Å². The van der Waals surface area contributed by atoms with Crippen LogP contribution in [0.3, 0.4) is 0 Å². The minimum Gasteiger partial charge on any atom is -0.394 e. The van der Waals surface area contributed by atoms with Crippen LogP contribution in [0, 0.1) is 0 Å². The average Bonchev–Trinajstić information content (AvgIpc) is 2.38. The zero-order valence-electron chi connectivity index (χ0n) is 11.6. The van der Waals surface area contributed by atoms with Crippen LogP contribution in [-0.2, 0) is 10.0 Å². The van der Waals surface area contributed by atoms with Crippen molar-refractivity contribution in [2.45, 2.75) is 26.3 Å². The third-order valence-electron chi connectivity index (χ3n) is 2.52. The van der Waals surface area contributed by atoms with Crippen LogP contribution in [0.15, 0.2) is 24.3 Å². The summed E-state index contributed by atoms with van der Waals surface area (Å²) in [6.07, 6.45) is 0.517. The summed E-state index contributed by atoms with van der Waals surface area (Å²) >= 11 is 0. The van der Waals surface area contributed by atoms with E-state index in [4.69, 9.17) is 5.11 Å². The van der Waals surface area contributed by atoms with E-state index in [1.54, 1.807) is 32.0 Å². The number of carbonyl (C=O) groups is 1. The number of carbonyl (C=O) groups excluding carboxylic acids is 1. The first kappa shape index (κ1) is 16.5. The maximum Gasteiger partial charge on any atom is 0.251 e. The van der Waals surface area contributed by atoms with E-state index in [1.165, 1.54) is 6.07 Å². The Bertz CT molecular complexity index is 557. The first-order valence-electron chi connectivity index (χ1n) is 6.40. The van der Waals surface area contributed by atoms with E-state index in [0.717, 1.165) is 0 Å². The lowest BCUT2D eigenvalue weighted by Crippen LogP contribution is -2.35. The van der Waals surface area contributed by atoms with Crippen molar-refractivity contribution in [1.82, 2.24) is 5.32 Å². The number of hydrogen-bond donors (Lipinski definition) is 3. The van der Waals surface area contributed by atoms with Gasteiger partial charge in [-0.25, -0.2) is 8.42 Å². The molecular formula is C13H20N2O4S. The molecule has 0 bridgehead atoms. The molecule has 112 valence electrons. The highest BCUT2D eigenvalue weighted by Gasteiger charge is 2.12. The third kappa shape index (κ3) is 5.18. The van der Waals surface area contributed by atoms with Gasteiger partial charge in [0.15, 0.2) is 0 Å². The largest absolute Gasteiger partial charge is 0.394 e. The van der Waals surface area contributed by atoms with Gasteiger partial charge in [-0.15, -0.1) is 0 Å². The van der Waals surface area contributed by atoms with Crippen LogP contribution in [0.2, 0.25) is 0 Å². The normalized spacial score (nSPS) is 12.8. The smallest absolute Gasteiger partial charge is 0.251 e. The van der Waals surface area contributed by atoms with Crippen LogP contribution in [-0.4, -0.2) is 37.8 Å².